The molecule has 0 aromatic rings. The van der Waals surface area contributed by atoms with Crippen LogP contribution in [-0.4, -0.2) is 65.3 Å². The molecule has 14 heavy (non-hydrogen) atoms. The number of amides is 1. The summed E-state index contributed by atoms with van der Waals surface area (Å²) in [5.41, 5.74) is 5.11. The third-order valence-corrected chi connectivity index (χ3v) is 2.71. The van der Waals surface area contributed by atoms with E-state index in [1.54, 1.807) is 0 Å². The van der Waals surface area contributed by atoms with Crippen molar-refractivity contribution >= 4 is 17.9 Å². The second-order valence-electron chi connectivity index (χ2n) is 3.42. The quantitative estimate of drug-likeness (QED) is 0.598. The molecule has 0 radical (unpaired) electrons. The second-order valence-corrected chi connectivity index (χ2v) is 4.08. The van der Waals surface area contributed by atoms with E-state index in [2.05, 4.69) is 9.80 Å². The van der Waals surface area contributed by atoms with Gasteiger partial charge in [0.15, 0.2) is 0 Å². The predicted molar refractivity (Wildman–Crippen MR) is 57.2 cm³/mol. The minimum absolute atomic E-state index is 0.260. The summed E-state index contributed by atoms with van der Waals surface area (Å²) in [7, 11) is 0. The molecule has 3 N–H and O–H groups in total. The Morgan fingerprint density at radius 1 is 1.29 bits per heavy atom. The van der Waals surface area contributed by atoms with Gasteiger partial charge in [-0.2, -0.15) is 0 Å². The van der Waals surface area contributed by atoms with Crippen LogP contribution in [-0.2, 0) is 4.79 Å². The molecule has 0 bridgehead atoms. The molecule has 0 spiro atoms. The number of nitrogens with two attached hydrogens (primary N) is 1. The molecular weight excluding hydrogens is 202 g/mol. The highest BCUT2D eigenvalue weighted by Crippen LogP contribution is 2.02. The molecule has 1 rings (SSSR count). The standard InChI is InChI=1S/C8H17N3O2S/c9-8(12)7-11-3-1-10(2-4-11)5-6-14-13/h13H,1-7H2,(H2,9,12). The minimum atomic E-state index is -0.260. The van der Waals surface area contributed by atoms with Crippen molar-refractivity contribution in [1.29, 1.82) is 0 Å². The van der Waals surface area contributed by atoms with Gasteiger partial charge in [-0.1, -0.05) is 0 Å². The Morgan fingerprint density at radius 3 is 2.36 bits per heavy atom. The van der Waals surface area contributed by atoms with E-state index in [9.17, 15) is 4.79 Å². The van der Waals surface area contributed by atoms with Gasteiger partial charge in [0.05, 0.1) is 6.54 Å². The zero-order chi connectivity index (χ0) is 10.4. The first kappa shape index (κ1) is 11.8. The van der Waals surface area contributed by atoms with Gasteiger partial charge in [-0.15, -0.1) is 0 Å². The van der Waals surface area contributed by atoms with Gasteiger partial charge in [-0.3, -0.25) is 14.6 Å². The van der Waals surface area contributed by atoms with E-state index >= 15 is 0 Å². The van der Waals surface area contributed by atoms with Crippen LogP contribution in [0.4, 0.5) is 0 Å². The molecule has 5 nitrogen and oxygen atoms in total. The van der Waals surface area contributed by atoms with Crippen molar-refractivity contribution < 1.29 is 9.35 Å². The van der Waals surface area contributed by atoms with E-state index in [1.807, 2.05) is 0 Å². The van der Waals surface area contributed by atoms with Crippen LogP contribution in [0.2, 0.25) is 0 Å². The van der Waals surface area contributed by atoms with Gasteiger partial charge in [0, 0.05) is 38.5 Å². The Morgan fingerprint density at radius 2 is 1.86 bits per heavy atom. The van der Waals surface area contributed by atoms with Crippen LogP contribution in [0, 0.1) is 0 Å². The first-order valence-corrected chi connectivity index (χ1v) is 5.66. The van der Waals surface area contributed by atoms with Crippen molar-refractivity contribution in [2.24, 2.45) is 5.73 Å². The van der Waals surface area contributed by atoms with E-state index in [4.69, 9.17) is 10.3 Å². The Hall–Kier alpha value is -0.300. The van der Waals surface area contributed by atoms with E-state index in [-0.39, 0.29) is 5.91 Å². The van der Waals surface area contributed by atoms with E-state index in [0.29, 0.717) is 6.54 Å². The maximum Gasteiger partial charge on any atom is 0.231 e. The molecule has 1 aliphatic rings. The number of carbonyl (C=O) groups is 1. The van der Waals surface area contributed by atoms with Crippen LogP contribution in [0.5, 0.6) is 0 Å². The fraction of sp³-hybridized carbons (Fsp3) is 0.875. The number of hydrogen-bond donors (Lipinski definition) is 2. The molecule has 1 amide bonds. The Balaban J connectivity index is 2.14. The topological polar surface area (TPSA) is 69.8 Å². The van der Waals surface area contributed by atoms with E-state index in [0.717, 1.165) is 50.5 Å². The highest BCUT2D eigenvalue weighted by atomic mass is 32.2. The highest BCUT2D eigenvalue weighted by molar-refractivity contribution is 7.93. The normalized spacial score (nSPS) is 19.8. The molecule has 1 fully saturated rings. The summed E-state index contributed by atoms with van der Waals surface area (Å²) in [6, 6.07) is 0. The highest BCUT2D eigenvalue weighted by Gasteiger charge is 2.17. The minimum Gasteiger partial charge on any atom is -0.369 e. The van der Waals surface area contributed by atoms with Gasteiger partial charge in [0.25, 0.3) is 0 Å². The summed E-state index contributed by atoms with van der Waals surface area (Å²) < 4.78 is 8.59. The molecule has 0 unspecified atom stereocenters. The van der Waals surface area contributed by atoms with Crippen molar-refractivity contribution in [1.82, 2.24) is 9.80 Å². The molecule has 6 heteroatoms. The van der Waals surface area contributed by atoms with Gasteiger partial charge >= 0.3 is 0 Å². The zero-order valence-electron chi connectivity index (χ0n) is 8.19. The molecule has 0 atom stereocenters. The predicted octanol–water partition coefficient (Wildman–Crippen LogP) is -0.704. The number of piperazine rings is 1. The molecule has 1 heterocycles. The van der Waals surface area contributed by atoms with Gasteiger partial charge in [-0.05, 0) is 12.0 Å². The van der Waals surface area contributed by atoms with Gasteiger partial charge in [-0.25, -0.2) is 0 Å². The fourth-order valence-corrected chi connectivity index (χ4v) is 1.90. The van der Waals surface area contributed by atoms with Crippen LogP contribution in [0.3, 0.4) is 0 Å². The van der Waals surface area contributed by atoms with Crippen LogP contribution in [0.1, 0.15) is 0 Å². The molecule has 0 aromatic heterocycles. The number of carbonyl (C=O) groups excluding carboxylic acids is 1. The van der Waals surface area contributed by atoms with Crippen LogP contribution >= 0.6 is 12.0 Å². The number of primary amides is 1. The van der Waals surface area contributed by atoms with Gasteiger partial charge < -0.3 is 10.3 Å². The summed E-state index contributed by atoms with van der Waals surface area (Å²) >= 11 is 0.877. The summed E-state index contributed by atoms with van der Waals surface area (Å²) in [5, 5.41) is 0. The van der Waals surface area contributed by atoms with Gasteiger partial charge in [0.1, 0.15) is 0 Å². The summed E-state index contributed by atoms with van der Waals surface area (Å²) in [5.74, 6) is 0.486. The zero-order valence-corrected chi connectivity index (χ0v) is 9.00. The molecule has 82 valence electrons. The van der Waals surface area contributed by atoms with Crippen LogP contribution in [0.25, 0.3) is 0 Å². The summed E-state index contributed by atoms with van der Waals surface area (Å²) in [6.45, 7) is 4.95. The van der Waals surface area contributed by atoms with E-state index < -0.39 is 0 Å². The Kier molecular flexibility index (Phi) is 5.24. The van der Waals surface area contributed by atoms with Crippen LogP contribution < -0.4 is 5.73 Å². The fourth-order valence-electron chi connectivity index (χ4n) is 1.56. The van der Waals surface area contributed by atoms with E-state index in [1.165, 1.54) is 0 Å². The van der Waals surface area contributed by atoms with Crippen molar-refractivity contribution in [3.8, 4) is 0 Å². The molecule has 1 aliphatic heterocycles. The lowest BCUT2D eigenvalue weighted by Gasteiger charge is -2.33. The first-order valence-electron chi connectivity index (χ1n) is 4.71. The third kappa shape index (κ3) is 4.28. The lowest BCUT2D eigenvalue weighted by molar-refractivity contribution is -0.119. The molecule has 1 saturated heterocycles. The van der Waals surface area contributed by atoms with Crippen molar-refractivity contribution in [3.05, 3.63) is 0 Å². The Labute approximate surface area is 88.4 Å². The van der Waals surface area contributed by atoms with Crippen LogP contribution in [0.15, 0.2) is 0 Å². The maximum absolute atomic E-state index is 10.7. The van der Waals surface area contributed by atoms with Crippen molar-refractivity contribution in [2.45, 2.75) is 0 Å². The average molecular weight is 219 g/mol. The van der Waals surface area contributed by atoms with Crippen molar-refractivity contribution in [2.75, 3.05) is 45.0 Å². The van der Waals surface area contributed by atoms with Gasteiger partial charge in [0.2, 0.25) is 5.91 Å². The first-order chi connectivity index (χ1) is 6.72. The molecule has 0 saturated carbocycles. The maximum atomic E-state index is 10.7. The number of hydrogen-bond acceptors (Lipinski definition) is 5. The molecular formula is C8H17N3O2S. The molecule has 0 aromatic carbocycles. The number of rotatable bonds is 5. The van der Waals surface area contributed by atoms with Crippen molar-refractivity contribution in [3.63, 3.8) is 0 Å². The lowest BCUT2D eigenvalue weighted by Crippen LogP contribution is -2.49. The Bertz CT molecular complexity index is 183. The summed E-state index contributed by atoms with van der Waals surface area (Å²) in [6.07, 6.45) is 0. The number of nitrogens with zero attached hydrogens (tertiary/aromatic N) is 2. The third-order valence-electron chi connectivity index (χ3n) is 2.34. The SMILES string of the molecule is NC(=O)CN1CCN(CCSO)CC1. The smallest absolute Gasteiger partial charge is 0.231 e. The lowest BCUT2D eigenvalue weighted by atomic mass is 10.3. The average Bonchev–Trinajstić information content (AvgIpc) is 2.16. The monoisotopic (exact) mass is 219 g/mol. The summed E-state index contributed by atoms with van der Waals surface area (Å²) in [4.78, 5) is 15.0. The second kappa shape index (κ2) is 6.23. The molecule has 0 aliphatic carbocycles. The largest absolute Gasteiger partial charge is 0.369 e.